The van der Waals surface area contributed by atoms with Gasteiger partial charge in [-0.2, -0.15) is 0 Å². The molecule has 134 valence electrons. The highest BCUT2D eigenvalue weighted by atomic mass is 19.1. The van der Waals surface area contributed by atoms with E-state index in [0.29, 0.717) is 24.5 Å². The fourth-order valence-electron chi connectivity index (χ4n) is 3.71. The molecule has 2 N–H and O–H groups in total. The molecule has 1 aromatic carbocycles. The Morgan fingerprint density at radius 1 is 1.36 bits per heavy atom. The van der Waals surface area contributed by atoms with Gasteiger partial charge in [-0.1, -0.05) is 0 Å². The van der Waals surface area contributed by atoms with Crippen LogP contribution in [-0.4, -0.2) is 55.5 Å². The molecule has 1 aromatic rings. The molecule has 0 radical (unpaired) electrons. The quantitative estimate of drug-likeness (QED) is 0.837. The maximum Gasteiger partial charge on any atom is 0.414 e. The number of anilines is 2. The van der Waals surface area contributed by atoms with Gasteiger partial charge < -0.3 is 20.1 Å². The van der Waals surface area contributed by atoms with Gasteiger partial charge >= 0.3 is 6.09 Å². The van der Waals surface area contributed by atoms with Crippen LogP contribution in [0.1, 0.15) is 6.92 Å². The minimum atomic E-state index is -0.548. The summed E-state index contributed by atoms with van der Waals surface area (Å²) in [5, 5.41) is 12.2. The zero-order valence-electron chi connectivity index (χ0n) is 13.8. The predicted molar refractivity (Wildman–Crippen MR) is 87.9 cm³/mol. The van der Waals surface area contributed by atoms with Gasteiger partial charge in [0.15, 0.2) is 0 Å². The molecule has 1 aliphatic carbocycles. The molecule has 0 spiro atoms. The van der Waals surface area contributed by atoms with E-state index < -0.39 is 18.0 Å². The van der Waals surface area contributed by atoms with E-state index in [9.17, 15) is 19.1 Å². The van der Waals surface area contributed by atoms with E-state index in [1.807, 2.05) is 4.90 Å². The number of ether oxygens (including phenoxy) is 1. The summed E-state index contributed by atoms with van der Waals surface area (Å²) >= 11 is 0. The average molecular weight is 349 g/mol. The Bertz CT molecular complexity index is 716. The van der Waals surface area contributed by atoms with E-state index in [4.69, 9.17) is 4.74 Å². The molecular weight excluding hydrogens is 329 g/mol. The number of hydrogen-bond donors (Lipinski definition) is 2. The predicted octanol–water partition coefficient (Wildman–Crippen LogP) is 0.714. The number of carbonyl (C=O) groups is 2. The number of rotatable bonds is 4. The Kier molecular flexibility index (Phi) is 3.79. The third-order valence-corrected chi connectivity index (χ3v) is 5.19. The lowest BCUT2D eigenvalue weighted by Gasteiger charge is -2.23. The van der Waals surface area contributed by atoms with Crippen molar-refractivity contribution in [3.8, 4) is 0 Å². The normalized spacial score (nSPS) is 30.3. The molecule has 2 unspecified atom stereocenters. The molecular formula is C17H20FN3O4. The van der Waals surface area contributed by atoms with Crippen LogP contribution in [0, 0.1) is 17.7 Å². The first-order chi connectivity index (χ1) is 11.9. The van der Waals surface area contributed by atoms with Gasteiger partial charge in [0.05, 0.1) is 30.6 Å². The molecule has 0 aromatic heterocycles. The maximum atomic E-state index is 14.5. The Morgan fingerprint density at radius 3 is 2.72 bits per heavy atom. The van der Waals surface area contributed by atoms with Gasteiger partial charge in [0.2, 0.25) is 5.91 Å². The zero-order valence-corrected chi connectivity index (χ0v) is 13.8. The average Bonchev–Trinajstić information content (AvgIpc) is 2.95. The maximum absolute atomic E-state index is 14.5. The lowest BCUT2D eigenvalue weighted by molar-refractivity contribution is -0.119. The Labute approximate surface area is 144 Å². The van der Waals surface area contributed by atoms with Crippen LogP contribution in [-0.2, 0) is 9.53 Å². The highest BCUT2D eigenvalue weighted by molar-refractivity contribution is 5.90. The number of cyclic esters (lactones) is 1. The SMILES string of the molecule is CC(=O)NC[C@H]1CN(c2ccc(N3CC4C(O)C4C3)c(F)c2)C(=O)O1. The minimum absolute atomic E-state index is 0.196. The van der Waals surface area contributed by atoms with Crippen molar-refractivity contribution in [3.05, 3.63) is 24.0 Å². The van der Waals surface area contributed by atoms with Crippen molar-refractivity contribution in [2.75, 3.05) is 36.0 Å². The number of halogens is 1. The first-order valence-electron chi connectivity index (χ1n) is 8.39. The van der Waals surface area contributed by atoms with Crippen LogP contribution in [0.5, 0.6) is 0 Å². The number of carbonyl (C=O) groups excluding carboxylic acids is 2. The number of fused-ring (bicyclic) bond motifs is 1. The molecule has 0 bridgehead atoms. The molecule has 8 heteroatoms. The van der Waals surface area contributed by atoms with E-state index in [0.717, 1.165) is 0 Å². The molecule has 3 aliphatic rings. The standard InChI is InChI=1S/C17H20FN3O4/c1-9(22)19-5-11-6-21(17(24)25-11)10-2-3-15(14(18)4-10)20-7-12-13(8-20)16(12)23/h2-4,11-13,16,23H,5-8H2,1H3,(H,19,22)/t11-,12?,13?,16?/m0/s1. The van der Waals surface area contributed by atoms with E-state index >= 15 is 0 Å². The zero-order chi connectivity index (χ0) is 17.7. The minimum Gasteiger partial charge on any atom is -0.442 e. The van der Waals surface area contributed by atoms with Crippen LogP contribution >= 0.6 is 0 Å². The molecule has 4 rings (SSSR count). The molecule has 7 nitrogen and oxygen atoms in total. The van der Waals surface area contributed by atoms with Crippen LogP contribution in [0.2, 0.25) is 0 Å². The van der Waals surface area contributed by atoms with Crippen LogP contribution in [0.15, 0.2) is 18.2 Å². The van der Waals surface area contributed by atoms with Gasteiger partial charge in [0.25, 0.3) is 0 Å². The monoisotopic (exact) mass is 349 g/mol. The molecule has 2 heterocycles. The summed E-state index contributed by atoms with van der Waals surface area (Å²) in [5.41, 5.74) is 0.923. The number of aliphatic hydroxyl groups is 1. The van der Waals surface area contributed by atoms with Crippen molar-refractivity contribution in [2.24, 2.45) is 11.8 Å². The second-order valence-electron chi connectivity index (χ2n) is 6.91. The molecule has 3 atom stereocenters. The lowest BCUT2D eigenvalue weighted by Crippen LogP contribution is -2.33. The number of nitrogens with one attached hydrogen (secondary N) is 1. The summed E-state index contributed by atoms with van der Waals surface area (Å²) in [7, 11) is 0. The summed E-state index contributed by atoms with van der Waals surface area (Å²) in [4.78, 5) is 26.2. The molecule has 3 fully saturated rings. The fourth-order valence-corrected chi connectivity index (χ4v) is 3.71. The van der Waals surface area contributed by atoms with Crippen LogP contribution in [0.4, 0.5) is 20.6 Å². The molecule has 2 amide bonds. The highest BCUT2D eigenvalue weighted by Gasteiger charge is 2.55. The third kappa shape index (κ3) is 2.90. The summed E-state index contributed by atoms with van der Waals surface area (Å²) in [6.45, 7) is 3.21. The Morgan fingerprint density at radius 2 is 2.08 bits per heavy atom. The number of benzene rings is 1. The lowest BCUT2D eigenvalue weighted by atomic mass is 10.2. The van der Waals surface area contributed by atoms with Crippen molar-refractivity contribution in [1.82, 2.24) is 5.32 Å². The smallest absolute Gasteiger partial charge is 0.414 e. The van der Waals surface area contributed by atoms with Gasteiger partial charge in [-0.3, -0.25) is 9.69 Å². The first-order valence-corrected chi connectivity index (χ1v) is 8.39. The van der Waals surface area contributed by atoms with E-state index in [-0.39, 0.29) is 36.9 Å². The highest BCUT2D eigenvalue weighted by Crippen LogP contribution is 2.47. The van der Waals surface area contributed by atoms with Gasteiger partial charge in [-0.25, -0.2) is 9.18 Å². The topological polar surface area (TPSA) is 82.1 Å². The summed E-state index contributed by atoms with van der Waals surface area (Å²) < 4.78 is 19.7. The number of hydrogen-bond acceptors (Lipinski definition) is 5. The van der Waals surface area contributed by atoms with Gasteiger partial charge in [-0.05, 0) is 18.2 Å². The molecule has 1 saturated carbocycles. The van der Waals surface area contributed by atoms with Crippen molar-refractivity contribution in [2.45, 2.75) is 19.1 Å². The van der Waals surface area contributed by atoms with Crippen molar-refractivity contribution in [1.29, 1.82) is 0 Å². The number of amides is 2. The van der Waals surface area contributed by atoms with Crippen LogP contribution < -0.4 is 15.1 Å². The molecule has 2 aliphatic heterocycles. The third-order valence-electron chi connectivity index (χ3n) is 5.19. The molecule has 25 heavy (non-hydrogen) atoms. The van der Waals surface area contributed by atoms with Gasteiger partial charge in [0, 0.05) is 31.8 Å². The van der Waals surface area contributed by atoms with E-state index in [1.54, 1.807) is 12.1 Å². The number of piperidine rings is 1. The van der Waals surface area contributed by atoms with Gasteiger partial charge in [0.1, 0.15) is 11.9 Å². The number of aliphatic hydroxyl groups excluding tert-OH is 1. The Hall–Kier alpha value is -2.35. The second-order valence-corrected chi connectivity index (χ2v) is 6.91. The van der Waals surface area contributed by atoms with Crippen molar-refractivity contribution < 1.29 is 23.8 Å². The number of nitrogens with zero attached hydrogens (tertiary/aromatic N) is 2. The van der Waals surface area contributed by atoms with Crippen LogP contribution in [0.3, 0.4) is 0 Å². The second kappa shape index (κ2) is 5.87. The molecule has 2 saturated heterocycles. The van der Waals surface area contributed by atoms with Crippen molar-refractivity contribution in [3.63, 3.8) is 0 Å². The van der Waals surface area contributed by atoms with Gasteiger partial charge in [-0.15, -0.1) is 0 Å². The van der Waals surface area contributed by atoms with E-state index in [2.05, 4.69) is 5.32 Å². The summed E-state index contributed by atoms with van der Waals surface area (Å²) in [5.74, 6) is -0.0885. The van der Waals surface area contributed by atoms with Crippen LogP contribution in [0.25, 0.3) is 0 Å². The summed E-state index contributed by atoms with van der Waals surface area (Å²) in [6.07, 6.45) is -1.24. The largest absolute Gasteiger partial charge is 0.442 e. The van der Waals surface area contributed by atoms with Crippen molar-refractivity contribution >= 4 is 23.4 Å². The first kappa shape index (κ1) is 16.1. The fraction of sp³-hybridized carbons (Fsp3) is 0.529. The Balaban J connectivity index is 1.44. The summed E-state index contributed by atoms with van der Waals surface area (Å²) in [6, 6.07) is 4.69. The van der Waals surface area contributed by atoms with E-state index in [1.165, 1.54) is 17.9 Å².